The quantitative estimate of drug-likeness (QED) is 0.148. The number of carbonyl (C=O) groups is 4. The fourth-order valence-electron chi connectivity index (χ4n) is 4.57. The van der Waals surface area contributed by atoms with Crippen molar-refractivity contribution in [2.45, 2.75) is 64.1 Å². The second-order valence-electron chi connectivity index (χ2n) is 10.5. The number of amides is 4. The van der Waals surface area contributed by atoms with Crippen molar-refractivity contribution in [3.63, 3.8) is 0 Å². The van der Waals surface area contributed by atoms with E-state index in [0.29, 0.717) is 24.3 Å². The molecular weight excluding hydrogens is 562 g/mol. The molecule has 0 saturated heterocycles. The second-order valence-corrected chi connectivity index (χ2v) is 10.5. The van der Waals surface area contributed by atoms with Gasteiger partial charge >= 0.3 is 0 Å². The number of primary amides is 1. The molecule has 13 nitrogen and oxygen atoms in total. The Hall–Kier alpha value is -5.20. The first-order chi connectivity index (χ1) is 21.2. The van der Waals surface area contributed by atoms with Crippen LogP contribution in [0.2, 0.25) is 0 Å². The number of nitrogens with two attached hydrogens (primary N) is 1. The summed E-state index contributed by atoms with van der Waals surface area (Å²) in [7, 11) is 0. The van der Waals surface area contributed by atoms with Gasteiger partial charge in [-0.2, -0.15) is 4.80 Å². The molecule has 4 amide bonds. The fraction of sp³-hybridized carbons (Fsp3) is 0.355. The fourth-order valence-corrected chi connectivity index (χ4v) is 4.57. The van der Waals surface area contributed by atoms with E-state index in [0.717, 1.165) is 23.8 Å². The molecule has 0 saturated carbocycles. The molecule has 0 aliphatic heterocycles. The molecule has 2 aromatic heterocycles. The molecule has 0 aliphatic carbocycles. The van der Waals surface area contributed by atoms with Crippen LogP contribution in [0.15, 0.2) is 66.7 Å². The van der Waals surface area contributed by atoms with Gasteiger partial charge in [0.1, 0.15) is 17.8 Å². The topological polar surface area (TPSA) is 187 Å². The van der Waals surface area contributed by atoms with Gasteiger partial charge in [-0.1, -0.05) is 67.9 Å². The Morgan fingerprint density at radius 1 is 0.909 bits per heavy atom. The van der Waals surface area contributed by atoms with E-state index in [1.807, 2.05) is 55.5 Å². The van der Waals surface area contributed by atoms with Gasteiger partial charge in [0.15, 0.2) is 5.82 Å². The second kappa shape index (κ2) is 15.3. The maximum atomic E-state index is 13.5. The molecular formula is C31H37N9O4. The number of pyridine rings is 1. The van der Waals surface area contributed by atoms with E-state index in [1.54, 1.807) is 25.1 Å². The Labute approximate surface area is 255 Å². The van der Waals surface area contributed by atoms with Gasteiger partial charge in [0.25, 0.3) is 5.91 Å². The summed E-state index contributed by atoms with van der Waals surface area (Å²) >= 11 is 0. The number of para-hydroxylation sites is 1. The maximum Gasteiger partial charge on any atom is 0.270 e. The first-order valence-corrected chi connectivity index (χ1v) is 14.6. The Morgan fingerprint density at radius 2 is 1.66 bits per heavy atom. The van der Waals surface area contributed by atoms with Crippen LogP contribution in [-0.2, 0) is 27.2 Å². The highest BCUT2D eigenvalue weighted by Crippen LogP contribution is 2.13. The molecule has 2 aromatic carbocycles. The summed E-state index contributed by atoms with van der Waals surface area (Å²) < 4.78 is 0. The normalized spacial score (nSPS) is 13.0. The highest BCUT2D eigenvalue weighted by molar-refractivity contribution is 5.99. The Bertz CT molecular complexity index is 1590. The zero-order valence-electron chi connectivity index (χ0n) is 24.8. The van der Waals surface area contributed by atoms with Crippen molar-refractivity contribution in [1.29, 1.82) is 0 Å². The van der Waals surface area contributed by atoms with Crippen LogP contribution in [0.25, 0.3) is 10.9 Å². The molecule has 4 aromatic rings. The summed E-state index contributed by atoms with van der Waals surface area (Å²) in [6.07, 6.45) is 1.98. The lowest BCUT2D eigenvalue weighted by Crippen LogP contribution is -2.52. The molecule has 0 spiro atoms. The Kier molecular flexibility index (Phi) is 11.0. The number of rotatable bonds is 15. The number of fused-ring (bicyclic) bond motifs is 1. The van der Waals surface area contributed by atoms with Gasteiger partial charge in [-0.3, -0.25) is 19.2 Å². The van der Waals surface area contributed by atoms with Crippen molar-refractivity contribution in [3.05, 3.63) is 83.8 Å². The molecule has 3 atom stereocenters. The number of unbranched alkanes of at least 4 members (excludes halogenated alkanes) is 1. The predicted molar refractivity (Wildman–Crippen MR) is 163 cm³/mol. The van der Waals surface area contributed by atoms with Gasteiger partial charge < -0.3 is 21.7 Å². The highest BCUT2D eigenvalue weighted by Gasteiger charge is 2.27. The molecule has 13 heteroatoms. The van der Waals surface area contributed by atoms with E-state index in [-0.39, 0.29) is 18.0 Å². The number of benzene rings is 2. The predicted octanol–water partition coefficient (Wildman–Crippen LogP) is 1.64. The van der Waals surface area contributed by atoms with Crippen LogP contribution >= 0.6 is 0 Å². The van der Waals surface area contributed by atoms with E-state index in [4.69, 9.17) is 5.73 Å². The Morgan fingerprint density at radius 3 is 2.41 bits per heavy atom. The minimum Gasteiger partial charge on any atom is -0.370 e. The number of hydrogen-bond acceptors (Lipinski definition) is 8. The molecule has 4 rings (SSSR count). The van der Waals surface area contributed by atoms with Gasteiger partial charge in [0.05, 0.1) is 11.9 Å². The summed E-state index contributed by atoms with van der Waals surface area (Å²) in [5.41, 5.74) is 7.09. The minimum absolute atomic E-state index is 0.0977. The third kappa shape index (κ3) is 8.90. The number of nitrogens with zero attached hydrogens (tertiary/aromatic N) is 5. The van der Waals surface area contributed by atoms with Gasteiger partial charge in [-0.25, -0.2) is 4.98 Å². The smallest absolute Gasteiger partial charge is 0.270 e. The summed E-state index contributed by atoms with van der Waals surface area (Å²) in [4.78, 5) is 56.6. The average Bonchev–Trinajstić information content (AvgIpc) is 3.48. The van der Waals surface area contributed by atoms with Crippen molar-refractivity contribution in [2.75, 3.05) is 6.54 Å². The van der Waals surface area contributed by atoms with Crippen LogP contribution in [0.1, 0.15) is 61.0 Å². The third-order valence-electron chi connectivity index (χ3n) is 6.98. The molecule has 2 heterocycles. The van der Waals surface area contributed by atoms with Gasteiger partial charge in [0, 0.05) is 24.4 Å². The SMILES string of the molecule is CCCCNC(=O)[C@@H](C)n1nnc(C[C@H](Cc2ccccc2)NC(=O)[C@H](CC(N)=O)NC(=O)c2ccc3ccccc3n2)n1. The zero-order chi connectivity index (χ0) is 31.5. The van der Waals surface area contributed by atoms with E-state index in [1.165, 1.54) is 4.80 Å². The monoisotopic (exact) mass is 599 g/mol. The highest BCUT2D eigenvalue weighted by atomic mass is 16.2. The first kappa shape index (κ1) is 31.7. The van der Waals surface area contributed by atoms with Crippen LogP contribution in [0.4, 0.5) is 0 Å². The van der Waals surface area contributed by atoms with Crippen molar-refractivity contribution in [2.24, 2.45) is 5.73 Å². The number of hydrogen-bond donors (Lipinski definition) is 4. The average molecular weight is 600 g/mol. The molecule has 230 valence electrons. The van der Waals surface area contributed by atoms with Crippen molar-refractivity contribution in [3.8, 4) is 0 Å². The number of tetrazole rings is 1. The third-order valence-corrected chi connectivity index (χ3v) is 6.98. The van der Waals surface area contributed by atoms with E-state index >= 15 is 0 Å². The molecule has 5 N–H and O–H groups in total. The first-order valence-electron chi connectivity index (χ1n) is 14.6. The summed E-state index contributed by atoms with van der Waals surface area (Å²) in [6.45, 7) is 4.28. The molecule has 44 heavy (non-hydrogen) atoms. The Balaban J connectivity index is 1.49. The lowest BCUT2D eigenvalue weighted by atomic mass is 10.0. The van der Waals surface area contributed by atoms with Gasteiger partial charge in [0.2, 0.25) is 17.7 Å². The standard InChI is InChI=1S/C31H37N9O4/c1-3-4-16-33-29(42)20(2)40-38-28(37-39-40)18-23(17-21-10-6-5-7-11-21)34-31(44)26(19-27(32)41)36-30(43)25-15-14-22-12-8-9-13-24(22)35-25/h5-15,20,23,26H,3-4,16-19H2,1-2H3,(H2,32,41)(H,33,42)(H,34,44)(H,36,43)/t20-,23+,26+/m1/s1. The van der Waals surface area contributed by atoms with Gasteiger partial charge in [-0.15, -0.1) is 10.2 Å². The summed E-state index contributed by atoms with van der Waals surface area (Å²) in [6, 6.07) is 17.7. The summed E-state index contributed by atoms with van der Waals surface area (Å²) in [5, 5.41) is 21.8. The van der Waals surface area contributed by atoms with E-state index < -0.39 is 42.3 Å². The number of carbonyl (C=O) groups excluding carboxylic acids is 4. The molecule has 0 bridgehead atoms. The van der Waals surface area contributed by atoms with Crippen molar-refractivity contribution < 1.29 is 19.2 Å². The summed E-state index contributed by atoms with van der Waals surface area (Å²) in [5.74, 6) is -1.88. The van der Waals surface area contributed by atoms with Gasteiger partial charge in [-0.05, 0) is 42.7 Å². The number of aromatic nitrogens is 5. The van der Waals surface area contributed by atoms with Crippen molar-refractivity contribution in [1.82, 2.24) is 41.1 Å². The van der Waals surface area contributed by atoms with Crippen LogP contribution < -0.4 is 21.7 Å². The lowest BCUT2D eigenvalue weighted by Gasteiger charge is -2.22. The van der Waals surface area contributed by atoms with Crippen LogP contribution in [0.3, 0.4) is 0 Å². The minimum atomic E-state index is -1.25. The van der Waals surface area contributed by atoms with Crippen LogP contribution in [-0.4, -0.2) is 67.4 Å². The maximum absolute atomic E-state index is 13.5. The molecule has 0 radical (unpaired) electrons. The van der Waals surface area contributed by atoms with Crippen molar-refractivity contribution >= 4 is 34.5 Å². The largest absolute Gasteiger partial charge is 0.370 e. The lowest BCUT2D eigenvalue weighted by molar-refractivity contribution is -0.127. The molecule has 0 unspecified atom stereocenters. The van der Waals surface area contributed by atoms with E-state index in [2.05, 4.69) is 36.3 Å². The molecule has 0 fully saturated rings. The number of nitrogens with one attached hydrogen (secondary N) is 3. The zero-order valence-corrected chi connectivity index (χ0v) is 24.8. The molecule has 0 aliphatic rings. The van der Waals surface area contributed by atoms with Crippen LogP contribution in [0, 0.1) is 0 Å². The van der Waals surface area contributed by atoms with E-state index in [9.17, 15) is 19.2 Å². The van der Waals surface area contributed by atoms with Crippen LogP contribution in [0.5, 0.6) is 0 Å².